The SMILES string of the molecule is CC(C)CC(C)(O)CNCc1ccc(N2CCCC2)cc1. The van der Waals surface area contributed by atoms with Crippen LogP contribution in [0.5, 0.6) is 0 Å². The summed E-state index contributed by atoms with van der Waals surface area (Å²) in [4.78, 5) is 2.45. The summed E-state index contributed by atoms with van der Waals surface area (Å²) in [5, 5.41) is 13.7. The third-order valence-electron chi connectivity index (χ3n) is 4.09. The van der Waals surface area contributed by atoms with Crippen LogP contribution in [0.3, 0.4) is 0 Å². The van der Waals surface area contributed by atoms with Crippen molar-refractivity contribution in [1.82, 2.24) is 5.32 Å². The summed E-state index contributed by atoms with van der Waals surface area (Å²) in [7, 11) is 0. The van der Waals surface area contributed by atoms with Gasteiger partial charge in [0.1, 0.15) is 0 Å². The van der Waals surface area contributed by atoms with Gasteiger partial charge in [-0.25, -0.2) is 0 Å². The number of nitrogens with zero attached hydrogens (tertiary/aromatic N) is 1. The summed E-state index contributed by atoms with van der Waals surface area (Å²) in [5.41, 5.74) is 1.99. The molecule has 2 N–H and O–H groups in total. The Morgan fingerprint density at radius 2 is 1.81 bits per heavy atom. The highest BCUT2D eigenvalue weighted by Gasteiger charge is 2.21. The van der Waals surface area contributed by atoms with Crippen LogP contribution in [0, 0.1) is 5.92 Å². The molecule has 0 radical (unpaired) electrons. The van der Waals surface area contributed by atoms with E-state index in [2.05, 4.69) is 48.3 Å². The zero-order valence-corrected chi connectivity index (χ0v) is 13.7. The first kappa shape index (κ1) is 16.3. The molecule has 0 aromatic heterocycles. The third-order valence-corrected chi connectivity index (χ3v) is 4.09. The Bertz CT molecular complexity index is 419. The van der Waals surface area contributed by atoms with Crippen molar-refractivity contribution in [3.05, 3.63) is 29.8 Å². The van der Waals surface area contributed by atoms with Crippen LogP contribution in [0.15, 0.2) is 24.3 Å². The molecule has 0 aliphatic carbocycles. The molecule has 0 amide bonds. The molecule has 1 saturated heterocycles. The minimum atomic E-state index is -0.621. The lowest BCUT2D eigenvalue weighted by Gasteiger charge is -2.25. The highest BCUT2D eigenvalue weighted by atomic mass is 16.3. The average Bonchev–Trinajstić information content (AvgIpc) is 2.91. The fourth-order valence-corrected chi connectivity index (χ4v) is 3.23. The quantitative estimate of drug-likeness (QED) is 0.809. The molecule has 1 aliphatic rings. The smallest absolute Gasteiger partial charge is 0.0746 e. The average molecular weight is 290 g/mol. The molecule has 1 aromatic rings. The normalized spacial score (nSPS) is 18.2. The maximum absolute atomic E-state index is 10.3. The van der Waals surface area contributed by atoms with E-state index in [1.54, 1.807) is 0 Å². The number of nitrogens with one attached hydrogen (secondary N) is 1. The molecule has 21 heavy (non-hydrogen) atoms. The van der Waals surface area contributed by atoms with E-state index in [9.17, 15) is 5.11 Å². The summed E-state index contributed by atoms with van der Waals surface area (Å²) in [6, 6.07) is 8.82. The summed E-state index contributed by atoms with van der Waals surface area (Å²) in [5.74, 6) is 0.515. The summed E-state index contributed by atoms with van der Waals surface area (Å²) < 4.78 is 0. The van der Waals surface area contributed by atoms with E-state index in [4.69, 9.17) is 0 Å². The minimum absolute atomic E-state index is 0.515. The Balaban J connectivity index is 1.78. The van der Waals surface area contributed by atoms with Crippen LogP contribution in [0.1, 0.15) is 45.6 Å². The zero-order valence-electron chi connectivity index (χ0n) is 13.7. The second-order valence-electron chi connectivity index (χ2n) is 7.06. The third kappa shape index (κ3) is 5.33. The van der Waals surface area contributed by atoms with Crippen molar-refractivity contribution in [2.45, 2.75) is 52.2 Å². The first-order chi connectivity index (χ1) is 9.96. The van der Waals surface area contributed by atoms with Gasteiger partial charge in [0, 0.05) is 31.9 Å². The van der Waals surface area contributed by atoms with E-state index in [0.717, 1.165) is 13.0 Å². The van der Waals surface area contributed by atoms with Crippen LogP contribution in [0.4, 0.5) is 5.69 Å². The van der Waals surface area contributed by atoms with Gasteiger partial charge in [0.05, 0.1) is 5.60 Å². The first-order valence-electron chi connectivity index (χ1n) is 8.23. The lowest BCUT2D eigenvalue weighted by atomic mass is 9.94. The van der Waals surface area contributed by atoms with E-state index < -0.39 is 5.60 Å². The van der Waals surface area contributed by atoms with Gasteiger partial charge in [0.15, 0.2) is 0 Å². The van der Waals surface area contributed by atoms with Gasteiger partial charge in [-0.2, -0.15) is 0 Å². The summed E-state index contributed by atoms with van der Waals surface area (Å²) in [6.45, 7) is 10.0. The molecule has 1 aliphatic heterocycles. The molecule has 3 heteroatoms. The molecule has 1 aromatic carbocycles. The lowest BCUT2D eigenvalue weighted by molar-refractivity contribution is 0.0383. The largest absolute Gasteiger partial charge is 0.389 e. The van der Waals surface area contributed by atoms with Crippen LogP contribution in [0.2, 0.25) is 0 Å². The molecule has 2 rings (SSSR count). The molecule has 3 nitrogen and oxygen atoms in total. The van der Waals surface area contributed by atoms with Gasteiger partial charge in [-0.1, -0.05) is 26.0 Å². The van der Waals surface area contributed by atoms with Crippen molar-refractivity contribution in [3.8, 4) is 0 Å². The maximum atomic E-state index is 10.3. The van der Waals surface area contributed by atoms with Gasteiger partial charge in [0.25, 0.3) is 0 Å². The van der Waals surface area contributed by atoms with Gasteiger partial charge in [-0.3, -0.25) is 0 Å². The standard InChI is InChI=1S/C18H30N2O/c1-15(2)12-18(3,21)14-19-13-16-6-8-17(9-7-16)20-10-4-5-11-20/h6-9,15,19,21H,4-5,10-14H2,1-3H3. The Kier molecular flexibility index (Phi) is 5.65. The molecule has 1 heterocycles. The van der Waals surface area contributed by atoms with Crippen LogP contribution in [-0.2, 0) is 6.54 Å². The van der Waals surface area contributed by atoms with Crippen molar-refractivity contribution in [3.63, 3.8) is 0 Å². The van der Waals surface area contributed by atoms with Gasteiger partial charge in [-0.15, -0.1) is 0 Å². The number of anilines is 1. The highest BCUT2D eigenvalue weighted by molar-refractivity contribution is 5.48. The highest BCUT2D eigenvalue weighted by Crippen LogP contribution is 2.20. The Morgan fingerprint density at radius 3 is 2.38 bits per heavy atom. The number of aliphatic hydroxyl groups is 1. The predicted octanol–water partition coefficient (Wildman–Crippen LogP) is 3.17. The van der Waals surface area contributed by atoms with Crippen molar-refractivity contribution in [2.75, 3.05) is 24.5 Å². The molecular formula is C18H30N2O. The topological polar surface area (TPSA) is 35.5 Å². The van der Waals surface area contributed by atoms with Gasteiger partial charge >= 0.3 is 0 Å². The van der Waals surface area contributed by atoms with Crippen molar-refractivity contribution >= 4 is 5.69 Å². The van der Waals surface area contributed by atoms with Gasteiger partial charge in [-0.05, 0) is 49.8 Å². The molecular weight excluding hydrogens is 260 g/mol. The predicted molar refractivity (Wildman–Crippen MR) is 89.7 cm³/mol. The van der Waals surface area contributed by atoms with Crippen LogP contribution < -0.4 is 10.2 Å². The lowest BCUT2D eigenvalue weighted by Crippen LogP contribution is -2.38. The van der Waals surface area contributed by atoms with E-state index in [1.165, 1.54) is 37.2 Å². The van der Waals surface area contributed by atoms with E-state index >= 15 is 0 Å². The molecule has 0 bridgehead atoms. The fourth-order valence-electron chi connectivity index (χ4n) is 3.23. The molecule has 118 valence electrons. The van der Waals surface area contributed by atoms with Crippen molar-refractivity contribution in [1.29, 1.82) is 0 Å². The molecule has 0 spiro atoms. The van der Waals surface area contributed by atoms with Crippen LogP contribution >= 0.6 is 0 Å². The first-order valence-corrected chi connectivity index (χ1v) is 8.23. The van der Waals surface area contributed by atoms with Gasteiger partial charge < -0.3 is 15.3 Å². The Hall–Kier alpha value is -1.06. The maximum Gasteiger partial charge on any atom is 0.0746 e. The number of hydrogen-bond acceptors (Lipinski definition) is 3. The van der Waals surface area contributed by atoms with E-state index in [-0.39, 0.29) is 0 Å². The monoisotopic (exact) mass is 290 g/mol. The van der Waals surface area contributed by atoms with Crippen LogP contribution in [0.25, 0.3) is 0 Å². The second kappa shape index (κ2) is 7.28. The number of rotatable bonds is 7. The number of hydrogen-bond donors (Lipinski definition) is 2. The number of benzene rings is 1. The van der Waals surface area contributed by atoms with E-state index in [1.807, 2.05) is 6.92 Å². The minimum Gasteiger partial charge on any atom is -0.389 e. The van der Waals surface area contributed by atoms with E-state index in [0.29, 0.717) is 12.5 Å². The molecule has 0 saturated carbocycles. The zero-order chi connectivity index (χ0) is 15.3. The van der Waals surface area contributed by atoms with Crippen molar-refractivity contribution < 1.29 is 5.11 Å². The molecule has 1 unspecified atom stereocenters. The second-order valence-corrected chi connectivity index (χ2v) is 7.06. The summed E-state index contributed by atoms with van der Waals surface area (Å²) in [6.07, 6.45) is 3.45. The Labute approximate surface area is 129 Å². The van der Waals surface area contributed by atoms with Gasteiger partial charge in [0.2, 0.25) is 0 Å². The fraction of sp³-hybridized carbons (Fsp3) is 0.667. The molecule has 1 fully saturated rings. The Morgan fingerprint density at radius 1 is 1.19 bits per heavy atom. The van der Waals surface area contributed by atoms with Crippen LogP contribution in [-0.4, -0.2) is 30.3 Å². The summed E-state index contributed by atoms with van der Waals surface area (Å²) >= 11 is 0. The van der Waals surface area contributed by atoms with Crippen molar-refractivity contribution in [2.24, 2.45) is 5.92 Å². The molecule has 1 atom stereocenters.